The predicted octanol–water partition coefficient (Wildman–Crippen LogP) is 3.43. The van der Waals surface area contributed by atoms with Crippen LogP contribution in [0.1, 0.15) is 18.7 Å². The van der Waals surface area contributed by atoms with E-state index in [2.05, 4.69) is 10.3 Å². The molecular formula is C12H12Cl2N2O. The van der Waals surface area contributed by atoms with Gasteiger partial charge in [-0.3, -0.25) is 0 Å². The van der Waals surface area contributed by atoms with E-state index in [1.54, 1.807) is 12.1 Å². The van der Waals surface area contributed by atoms with Crippen LogP contribution in [0.5, 0.6) is 0 Å². The lowest BCUT2D eigenvalue weighted by molar-refractivity contribution is 0.478. The first-order valence-electron chi connectivity index (χ1n) is 5.70. The van der Waals surface area contributed by atoms with Crippen LogP contribution < -0.4 is 5.32 Å². The molecule has 3 nitrogen and oxygen atoms in total. The van der Waals surface area contributed by atoms with Crippen LogP contribution in [-0.4, -0.2) is 17.6 Å². The summed E-state index contributed by atoms with van der Waals surface area (Å²) in [5.74, 6) is 0.726. The van der Waals surface area contributed by atoms with E-state index < -0.39 is 0 Å². The van der Waals surface area contributed by atoms with Crippen molar-refractivity contribution in [3.8, 4) is 0 Å². The summed E-state index contributed by atoms with van der Waals surface area (Å²) >= 11 is 12.0. The van der Waals surface area contributed by atoms with Gasteiger partial charge in [-0.1, -0.05) is 23.2 Å². The number of fused-ring (bicyclic) bond motifs is 1. The minimum Gasteiger partial charge on any atom is -0.439 e. The quantitative estimate of drug-likeness (QED) is 0.909. The Morgan fingerprint density at radius 2 is 2.29 bits per heavy atom. The third-order valence-electron chi connectivity index (χ3n) is 3.04. The molecule has 1 atom stereocenters. The van der Waals surface area contributed by atoms with Crippen molar-refractivity contribution in [1.29, 1.82) is 0 Å². The average Bonchev–Trinajstić information content (AvgIpc) is 2.87. The van der Waals surface area contributed by atoms with E-state index in [1.165, 1.54) is 12.8 Å². The molecule has 1 N–H and O–H groups in total. The molecule has 0 bridgehead atoms. The normalized spacial score (nSPS) is 20.2. The van der Waals surface area contributed by atoms with Crippen LogP contribution in [0.3, 0.4) is 0 Å². The SMILES string of the molecule is Clc1cc(Cl)c2oc(CC3CCCN3)nc2c1. The van der Waals surface area contributed by atoms with Gasteiger partial charge in [-0.25, -0.2) is 4.98 Å². The van der Waals surface area contributed by atoms with Crippen LogP contribution in [0.4, 0.5) is 0 Å². The molecule has 1 aromatic heterocycles. The number of hydrogen-bond acceptors (Lipinski definition) is 3. The zero-order valence-electron chi connectivity index (χ0n) is 9.17. The number of nitrogens with one attached hydrogen (secondary N) is 1. The Morgan fingerprint density at radius 1 is 1.41 bits per heavy atom. The highest BCUT2D eigenvalue weighted by atomic mass is 35.5. The second kappa shape index (κ2) is 4.48. The maximum absolute atomic E-state index is 6.06. The van der Waals surface area contributed by atoms with Gasteiger partial charge in [-0.05, 0) is 31.5 Å². The fraction of sp³-hybridized carbons (Fsp3) is 0.417. The molecule has 0 spiro atoms. The molecule has 0 amide bonds. The number of oxazole rings is 1. The molecule has 0 saturated carbocycles. The molecule has 0 aliphatic carbocycles. The van der Waals surface area contributed by atoms with E-state index in [0.29, 0.717) is 21.7 Å². The van der Waals surface area contributed by atoms with Gasteiger partial charge >= 0.3 is 0 Å². The van der Waals surface area contributed by atoms with E-state index in [1.807, 2.05) is 0 Å². The number of halogens is 2. The Kier molecular flexibility index (Phi) is 2.99. The van der Waals surface area contributed by atoms with Crippen LogP contribution >= 0.6 is 23.2 Å². The summed E-state index contributed by atoms with van der Waals surface area (Å²) in [5.41, 5.74) is 1.36. The highest BCUT2D eigenvalue weighted by molar-refractivity contribution is 6.37. The first-order valence-corrected chi connectivity index (χ1v) is 6.46. The third-order valence-corrected chi connectivity index (χ3v) is 3.54. The van der Waals surface area contributed by atoms with Gasteiger partial charge < -0.3 is 9.73 Å². The zero-order chi connectivity index (χ0) is 11.8. The summed E-state index contributed by atoms with van der Waals surface area (Å²) in [5, 5.41) is 4.52. The first-order chi connectivity index (χ1) is 8.22. The molecule has 2 aromatic rings. The Labute approximate surface area is 109 Å². The van der Waals surface area contributed by atoms with E-state index in [-0.39, 0.29) is 0 Å². The fourth-order valence-corrected chi connectivity index (χ4v) is 2.76. The summed E-state index contributed by atoms with van der Waals surface area (Å²) in [4.78, 5) is 4.42. The minimum atomic E-state index is 0.470. The molecule has 17 heavy (non-hydrogen) atoms. The van der Waals surface area contributed by atoms with Crippen molar-refractivity contribution in [2.45, 2.75) is 25.3 Å². The largest absolute Gasteiger partial charge is 0.439 e. The van der Waals surface area contributed by atoms with Gasteiger partial charge in [0, 0.05) is 17.5 Å². The molecule has 3 rings (SSSR count). The van der Waals surface area contributed by atoms with Gasteiger partial charge in [0.1, 0.15) is 5.52 Å². The molecule has 90 valence electrons. The van der Waals surface area contributed by atoms with Gasteiger partial charge in [-0.15, -0.1) is 0 Å². The highest BCUT2D eigenvalue weighted by Gasteiger charge is 2.18. The summed E-state index contributed by atoms with van der Waals surface area (Å²) < 4.78 is 5.67. The molecular weight excluding hydrogens is 259 g/mol. The van der Waals surface area contributed by atoms with Crippen molar-refractivity contribution >= 4 is 34.3 Å². The van der Waals surface area contributed by atoms with E-state index in [9.17, 15) is 0 Å². The van der Waals surface area contributed by atoms with Crippen molar-refractivity contribution in [2.24, 2.45) is 0 Å². The monoisotopic (exact) mass is 270 g/mol. The van der Waals surface area contributed by atoms with Crippen LogP contribution in [0.2, 0.25) is 10.0 Å². The molecule has 0 radical (unpaired) electrons. The lowest BCUT2D eigenvalue weighted by atomic mass is 10.2. The second-order valence-corrected chi connectivity index (χ2v) is 5.18. The molecule has 5 heteroatoms. The molecule has 2 heterocycles. The predicted molar refractivity (Wildman–Crippen MR) is 68.8 cm³/mol. The van der Waals surface area contributed by atoms with Crippen molar-refractivity contribution < 1.29 is 4.42 Å². The summed E-state index contributed by atoms with van der Waals surface area (Å²) in [6.07, 6.45) is 3.20. The van der Waals surface area contributed by atoms with Crippen LogP contribution in [0.15, 0.2) is 16.5 Å². The van der Waals surface area contributed by atoms with E-state index >= 15 is 0 Å². The van der Waals surface area contributed by atoms with Crippen molar-refractivity contribution in [3.05, 3.63) is 28.1 Å². The van der Waals surface area contributed by atoms with Crippen molar-refractivity contribution in [2.75, 3.05) is 6.54 Å². The Hall–Kier alpha value is -0.770. The van der Waals surface area contributed by atoms with Gasteiger partial charge in [0.05, 0.1) is 5.02 Å². The Bertz CT molecular complexity index is 547. The van der Waals surface area contributed by atoms with Crippen LogP contribution in [0.25, 0.3) is 11.1 Å². The van der Waals surface area contributed by atoms with E-state index in [4.69, 9.17) is 27.6 Å². The lowest BCUT2D eigenvalue weighted by Crippen LogP contribution is -2.23. The van der Waals surface area contributed by atoms with Crippen LogP contribution in [-0.2, 0) is 6.42 Å². The number of nitrogens with zero attached hydrogens (tertiary/aromatic N) is 1. The molecule has 1 fully saturated rings. The molecule has 1 unspecified atom stereocenters. The van der Waals surface area contributed by atoms with Crippen LogP contribution in [0, 0.1) is 0 Å². The second-order valence-electron chi connectivity index (χ2n) is 4.34. The van der Waals surface area contributed by atoms with E-state index in [0.717, 1.165) is 24.4 Å². The molecule has 1 aliphatic rings. The summed E-state index contributed by atoms with van der Waals surface area (Å²) in [6.45, 7) is 1.08. The van der Waals surface area contributed by atoms with Gasteiger partial charge in [0.15, 0.2) is 11.5 Å². The van der Waals surface area contributed by atoms with Gasteiger partial charge in [0.2, 0.25) is 0 Å². The van der Waals surface area contributed by atoms with Gasteiger partial charge in [-0.2, -0.15) is 0 Å². The number of rotatable bonds is 2. The average molecular weight is 271 g/mol. The first kappa shape index (κ1) is 11.3. The zero-order valence-corrected chi connectivity index (χ0v) is 10.7. The number of benzene rings is 1. The van der Waals surface area contributed by atoms with Crippen molar-refractivity contribution in [3.63, 3.8) is 0 Å². The highest BCUT2D eigenvalue weighted by Crippen LogP contribution is 2.29. The standard InChI is InChI=1S/C12H12Cl2N2O/c13-7-4-9(14)12-10(5-7)16-11(17-12)6-8-2-1-3-15-8/h4-5,8,15H,1-3,6H2. The maximum Gasteiger partial charge on any atom is 0.197 e. The Morgan fingerprint density at radius 3 is 3.06 bits per heavy atom. The fourth-order valence-electron chi connectivity index (χ4n) is 2.23. The molecule has 1 aromatic carbocycles. The topological polar surface area (TPSA) is 38.1 Å². The minimum absolute atomic E-state index is 0.470. The van der Waals surface area contributed by atoms with Crippen molar-refractivity contribution in [1.82, 2.24) is 10.3 Å². The lowest BCUT2D eigenvalue weighted by Gasteiger charge is -2.05. The summed E-state index contributed by atoms with van der Waals surface area (Å²) in [6, 6.07) is 3.92. The maximum atomic E-state index is 6.06. The molecule has 1 saturated heterocycles. The smallest absolute Gasteiger partial charge is 0.197 e. The number of aromatic nitrogens is 1. The Balaban J connectivity index is 1.93. The van der Waals surface area contributed by atoms with Gasteiger partial charge in [0.25, 0.3) is 0 Å². The number of hydrogen-bond donors (Lipinski definition) is 1. The summed E-state index contributed by atoms with van der Waals surface area (Å²) in [7, 11) is 0. The third kappa shape index (κ3) is 2.28. The molecule has 1 aliphatic heterocycles.